The maximum atomic E-state index is 12.1. The molecule has 106 valence electrons. The Balaban J connectivity index is 1.91. The Bertz CT molecular complexity index is 565. The van der Waals surface area contributed by atoms with Crippen LogP contribution in [0.5, 0.6) is 0 Å². The van der Waals surface area contributed by atoms with E-state index >= 15 is 0 Å². The summed E-state index contributed by atoms with van der Waals surface area (Å²) in [5.74, 6) is -0.0727. The summed E-state index contributed by atoms with van der Waals surface area (Å²) in [7, 11) is 0. The molecule has 1 aromatic carbocycles. The van der Waals surface area contributed by atoms with Gasteiger partial charge in [0.25, 0.3) is 5.91 Å². The predicted molar refractivity (Wildman–Crippen MR) is 82.0 cm³/mol. The number of carbonyl (C=O) groups excluding carboxylic acids is 1. The van der Waals surface area contributed by atoms with E-state index in [0.717, 1.165) is 16.7 Å². The van der Waals surface area contributed by atoms with Gasteiger partial charge in [-0.05, 0) is 36.8 Å². The number of nitrogens with one attached hydrogen (secondary N) is 1. The van der Waals surface area contributed by atoms with E-state index in [-0.39, 0.29) is 11.9 Å². The van der Waals surface area contributed by atoms with Gasteiger partial charge in [-0.3, -0.25) is 4.79 Å². The second kappa shape index (κ2) is 6.68. The van der Waals surface area contributed by atoms with Crippen LogP contribution in [0.2, 0.25) is 0 Å². The minimum Gasteiger partial charge on any atom is -0.388 e. The highest BCUT2D eigenvalue weighted by molar-refractivity contribution is 7.08. The Labute approximate surface area is 123 Å². The van der Waals surface area contributed by atoms with E-state index in [9.17, 15) is 9.90 Å². The van der Waals surface area contributed by atoms with E-state index in [1.807, 2.05) is 54.9 Å². The summed E-state index contributed by atoms with van der Waals surface area (Å²) in [4.78, 5) is 12.1. The van der Waals surface area contributed by atoms with Gasteiger partial charge in [0.05, 0.1) is 11.7 Å². The normalized spacial score (nSPS) is 13.8. The van der Waals surface area contributed by atoms with E-state index in [4.69, 9.17) is 0 Å². The van der Waals surface area contributed by atoms with Gasteiger partial charge in [-0.1, -0.05) is 30.3 Å². The molecule has 0 saturated carbocycles. The largest absolute Gasteiger partial charge is 0.388 e. The van der Waals surface area contributed by atoms with E-state index in [1.165, 1.54) is 11.3 Å². The molecule has 3 nitrogen and oxygen atoms in total. The van der Waals surface area contributed by atoms with Crippen molar-refractivity contribution in [3.05, 3.63) is 57.8 Å². The Morgan fingerprint density at radius 3 is 2.60 bits per heavy atom. The number of amides is 1. The maximum Gasteiger partial charge on any atom is 0.252 e. The van der Waals surface area contributed by atoms with Gasteiger partial charge in [-0.15, -0.1) is 0 Å². The fraction of sp³-hybridized carbons (Fsp3) is 0.312. The zero-order valence-electron chi connectivity index (χ0n) is 11.7. The minimum atomic E-state index is -0.560. The van der Waals surface area contributed by atoms with Crippen LogP contribution in [0, 0.1) is 6.92 Å². The summed E-state index contributed by atoms with van der Waals surface area (Å²) in [5.41, 5.74) is 2.58. The average molecular weight is 289 g/mol. The van der Waals surface area contributed by atoms with Crippen LogP contribution in [0.25, 0.3) is 0 Å². The number of benzene rings is 1. The van der Waals surface area contributed by atoms with Gasteiger partial charge in [0.1, 0.15) is 0 Å². The van der Waals surface area contributed by atoms with Gasteiger partial charge in [0.2, 0.25) is 0 Å². The molecule has 2 rings (SSSR count). The third-order valence-corrected chi connectivity index (χ3v) is 4.10. The molecule has 0 aliphatic carbocycles. The quantitative estimate of drug-likeness (QED) is 0.887. The molecule has 0 saturated heterocycles. The second-order valence-electron chi connectivity index (χ2n) is 5.01. The number of hydrogen-bond acceptors (Lipinski definition) is 3. The molecule has 0 unspecified atom stereocenters. The molecule has 0 fully saturated rings. The lowest BCUT2D eigenvalue weighted by Crippen LogP contribution is -2.33. The molecule has 0 aliphatic heterocycles. The lowest BCUT2D eigenvalue weighted by atomic mass is 10.0. The Kier molecular flexibility index (Phi) is 4.93. The van der Waals surface area contributed by atoms with E-state index in [1.54, 1.807) is 0 Å². The van der Waals surface area contributed by atoms with Crippen LogP contribution in [0.4, 0.5) is 0 Å². The standard InChI is InChI=1S/C16H19NO2S/c1-11-9-20-10-14(11)16(19)17-12(2)8-15(18)13-6-4-3-5-7-13/h3-7,9-10,12,15,18H,8H2,1-2H3,(H,17,19)/t12-,15+/m1/s1. The van der Waals surface area contributed by atoms with Crippen LogP contribution < -0.4 is 5.32 Å². The van der Waals surface area contributed by atoms with E-state index in [2.05, 4.69) is 5.32 Å². The summed E-state index contributed by atoms with van der Waals surface area (Å²) in [6.07, 6.45) is -0.0612. The van der Waals surface area contributed by atoms with Crippen molar-refractivity contribution in [2.24, 2.45) is 0 Å². The summed E-state index contributed by atoms with van der Waals surface area (Å²) in [6, 6.07) is 9.41. The van der Waals surface area contributed by atoms with Crippen LogP contribution in [-0.4, -0.2) is 17.1 Å². The predicted octanol–water partition coefficient (Wildman–Crippen LogP) is 3.30. The smallest absolute Gasteiger partial charge is 0.252 e. The molecule has 0 bridgehead atoms. The highest BCUT2D eigenvalue weighted by Crippen LogP contribution is 2.18. The Hall–Kier alpha value is -1.65. The van der Waals surface area contributed by atoms with Crippen LogP contribution in [-0.2, 0) is 0 Å². The topological polar surface area (TPSA) is 49.3 Å². The van der Waals surface area contributed by atoms with Crippen LogP contribution >= 0.6 is 11.3 Å². The zero-order chi connectivity index (χ0) is 14.5. The van der Waals surface area contributed by atoms with Gasteiger partial charge in [-0.2, -0.15) is 11.3 Å². The monoisotopic (exact) mass is 289 g/mol. The fourth-order valence-electron chi connectivity index (χ4n) is 2.10. The molecule has 0 spiro atoms. The Morgan fingerprint density at radius 2 is 2.00 bits per heavy atom. The third-order valence-electron chi connectivity index (χ3n) is 3.24. The summed E-state index contributed by atoms with van der Waals surface area (Å²) < 4.78 is 0. The fourth-order valence-corrected chi connectivity index (χ4v) is 2.93. The number of hydrogen-bond donors (Lipinski definition) is 2. The van der Waals surface area contributed by atoms with Crippen LogP contribution in [0.1, 0.15) is 40.9 Å². The van der Waals surface area contributed by atoms with Gasteiger partial charge in [0.15, 0.2) is 0 Å². The van der Waals surface area contributed by atoms with Crippen molar-refractivity contribution in [2.75, 3.05) is 0 Å². The van der Waals surface area contributed by atoms with Crippen molar-refractivity contribution >= 4 is 17.2 Å². The second-order valence-corrected chi connectivity index (χ2v) is 5.75. The average Bonchev–Trinajstić information content (AvgIpc) is 2.86. The van der Waals surface area contributed by atoms with Crippen LogP contribution in [0.15, 0.2) is 41.1 Å². The molecule has 2 atom stereocenters. The number of aliphatic hydroxyl groups is 1. The van der Waals surface area contributed by atoms with Crippen molar-refractivity contribution in [1.82, 2.24) is 5.32 Å². The molecule has 2 N–H and O–H groups in total. The molecule has 1 heterocycles. The summed E-state index contributed by atoms with van der Waals surface area (Å²) in [5, 5.41) is 16.9. The van der Waals surface area contributed by atoms with Crippen LogP contribution in [0.3, 0.4) is 0 Å². The summed E-state index contributed by atoms with van der Waals surface area (Å²) >= 11 is 1.52. The van der Waals surface area contributed by atoms with Crippen molar-refractivity contribution in [3.8, 4) is 0 Å². The summed E-state index contributed by atoms with van der Waals surface area (Å²) in [6.45, 7) is 3.83. The van der Waals surface area contributed by atoms with Gasteiger partial charge in [0, 0.05) is 11.4 Å². The highest BCUT2D eigenvalue weighted by atomic mass is 32.1. The van der Waals surface area contributed by atoms with Crippen molar-refractivity contribution in [3.63, 3.8) is 0 Å². The van der Waals surface area contributed by atoms with E-state index < -0.39 is 6.10 Å². The first-order chi connectivity index (χ1) is 9.58. The first kappa shape index (κ1) is 14.8. The lowest BCUT2D eigenvalue weighted by molar-refractivity contribution is 0.0917. The molecule has 0 aliphatic rings. The molecular formula is C16H19NO2S. The van der Waals surface area contributed by atoms with Crippen molar-refractivity contribution in [1.29, 1.82) is 0 Å². The van der Waals surface area contributed by atoms with Gasteiger partial charge < -0.3 is 10.4 Å². The molecule has 2 aromatic rings. The first-order valence-electron chi connectivity index (χ1n) is 6.64. The molecule has 20 heavy (non-hydrogen) atoms. The molecular weight excluding hydrogens is 270 g/mol. The number of thiophene rings is 1. The highest BCUT2D eigenvalue weighted by Gasteiger charge is 2.16. The Morgan fingerprint density at radius 1 is 1.30 bits per heavy atom. The molecule has 1 aromatic heterocycles. The molecule has 0 radical (unpaired) electrons. The lowest BCUT2D eigenvalue weighted by Gasteiger charge is -2.18. The number of aliphatic hydroxyl groups excluding tert-OH is 1. The molecule has 1 amide bonds. The van der Waals surface area contributed by atoms with Crippen molar-refractivity contribution in [2.45, 2.75) is 32.4 Å². The zero-order valence-corrected chi connectivity index (χ0v) is 12.5. The third kappa shape index (κ3) is 3.68. The first-order valence-corrected chi connectivity index (χ1v) is 7.59. The van der Waals surface area contributed by atoms with Gasteiger partial charge >= 0.3 is 0 Å². The number of carbonyl (C=O) groups is 1. The maximum absolute atomic E-state index is 12.1. The SMILES string of the molecule is Cc1cscc1C(=O)N[C@H](C)C[C@H](O)c1ccccc1. The minimum absolute atomic E-state index is 0.0727. The number of rotatable bonds is 5. The molecule has 4 heteroatoms. The number of aryl methyl sites for hydroxylation is 1. The van der Waals surface area contributed by atoms with Gasteiger partial charge in [-0.25, -0.2) is 0 Å². The van der Waals surface area contributed by atoms with E-state index in [0.29, 0.717) is 6.42 Å². The van der Waals surface area contributed by atoms with Crippen molar-refractivity contribution < 1.29 is 9.90 Å².